The van der Waals surface area contributed by atoms with Gasteiger partial charge in [0.2, 0.25) is 5.66 Å². The molecule has 0 radical (unpaired) electrons. The number of hydrogen-bond acceptors (Lipinski definition) is 8. The van der Waals surface area contributed by atoms with Gasteiger partial charge in [0.15, 0.2) is 23.0 Å². The smallest absolute Gasteiger partial charge is 0.202 e. The molecule has 1 aliphatic carbocycles. The van der Waals surface area contributed by atoms with Crippen molar-refractivity contribution >= 4 is 34.0 Å². The van der Waals surface area contributed by atoms with E-state index in [0.717, 1.165) is 21.9 Å². The minimum atomic E-state index is -1.47. The standard InChI is InChI=1S/C37H28N2O6/c1-44-31-15-7-13-27-33(31)34-28(14-8-16-32(34)45-2)37(27,38-19-25-23-11-5-3-9-21(23)17-29(40)35(25)42)39-20-26-24-12-6-4-10-22(24)18-30(41)36(26)43/h3-20,40-43H,1-2H3/b38-19+,39-20+. The van der Waals surface area contributed by atoms with Crippen LogP contribution in [-0.2, 0) is 5.66 Å². The third-order valence-corrected chi connectivity index (χ3v) is 8.34. The van der Waals surface area contributed by atoms with Crippen molar-refractivity contribution in [3.8, 4) is 45.6 Å². The highest BCUT2D eigenvalue weighted by molar-refractivity contribution is 6.06. The third-order valence-electron chi connectivity index (χ3n) is 8.34. The molecule has 222 valence electrons. The lowest BCUT2D eigenvalue weighted by atomic mass is 9.96. The van der Waals surface area contributed by atoms with Crippen molar-refractivity contribution in [3.05, 3.63) is 119 Å². The highest BCUT2D eigenvalue weighted by Crippen LogP contribution is 2.57. The van der Waals surface area contributed by atoms with E-state index < -0.39 is 5.66 Å². The van der Waals surface area contributed by atoms with Gasteiger partial charge < -0.3 is 29.9 Å². The molecule has 6 aromatic rings. The Morgan fingerprint density at radius 2 is 0.978 bits per heavy atom. The van der Waals surface area contributed by atoms with E-state index in [4.69, 9.17) is 19.5 Å². The first-order valence-corrected chi connectivity index (χ1v) is 14.2. The predicted molar refractivity (Wildman–Crippen MR) is 176 cm³/mol. The maximum atomic E-state index is 11.0. The second-order valence-corrected chi connectivity index (χ2v) is 10.7. The van der Waals surface area contributed by atoms with E-state index in [-0.39, 0.29) is 23.0 Å². The molecule has 8 nitrogen and oxygen atoms in total. The van der Waals surface area contributed by atoms with Crippen molar-refractivity contribution in [1.29, 1.82) is 0 Å². The molecule has 0 amide bonds. The van der Waals surface area contributed by atoms with E-state index in [1.165, 1.54) is 24.6 Å². The zero-order valence-electron chi connectivity index (χ0n) is 24.4. The third kappa shape index (κ3) is 4.22. The second-order valence-electron chi connectivity index (χ2n) is 10.7. The highest BCUT2D eigenvalue weighted by atomic mass is 16.5. The van der Waals surface area contributed by atoms with Gasteiger partial charge in [0, 0.05) is 45.8 Å². The lowest BCUT2D eigenvalue weighted by molar-refractivity contribution is 0.404. The number of phenolic OH excluding ortho intramolecular Hbond substituents is 4. The molecule has 0 heterocycles. The van der Waals surface area contributed by atoms with E-state index in [0.29, 0.717) is 44.5 Å². The van der Waals surface area contributed by atoms with E-state index in [1.807, 2.05) is 84.9 Å². The van der Waals surface area contributed by atoms with Crippen LogP contribution in [0.3, 0.4) is 0 Å². The normalized spacial score (nSPS) is 13.5. The lowest BCUT2D eigenvalue weighted by Crippen LogP contribution is -2.21. The summed E-state index contributed by atoms with van der Waals surface area (Å²) in [5.41, 5.74) is 1.96. The van der Waals surface area contributed by atoms with Gasteiger partial charge in [-0.05, 0) is 45.8 Å². The van der Waals surface area contributed by atoms with Crippen LogP contribution in [0.1, 0.15) is 22.3 Å². The predicted octanol–water partition coefficient (Wildman–Crippen LogP) is 7.25. The van der Waals surface area contributed by atoms with Crippen LogP contribution in [0.5, 0.6) is 34.5 Å². The van der Waals surface area contributed by atoms with Crippen molar-refractivity contribution < 1.29 is 29.9 Å². The van der Waals surface area contributed by atoms with Gasteiger partial charge in [-0.2, -0.15) is 0 Å². The fourth-order valence-electron chi connectivity index (χ4n) is 6.23. The Labute approximate surface area is 258 Å². The Hall–Kier alpha value is -6.02. The van der Waals surface area contributed by atoms with Crippen LogP contribution in [0.4, 0.5) is 0 Å². The number of nitrogens with zero attached hydrogens (tertiary/aromatic N) is 2. The van der Waals surface area contributed by atoms with Crippen molar-refractivity contribution in [2.75, 3.05) is 14.2 Å². The molecule has 0 fully saturated rings. The molecular formula is C37H28N2O6. The lowest BCUT2D eigenvalue weighted by Gasteiger charge is -2.24. The SMILES string of the molecule is COc1cccc2c1-c1c(OC)cccc1C2(/N=C/c1c(O)c(O)cc2ccccc12)/N=C/c1c(O)c(O)cc2ccccc12. The Balaban J connectivity index is 1.57. The monoisotopic (exact) mass is 596 g/mol. The van der Waals surface area contributed by atoms with Crippen molar-refractivity contribution in [3.63, 3.8) is 0 Å². The quantitative estimate of drug-likeness (QED) is 0.119. The Morgan fingerprint density at radius 1 is 0.556 bits per heavy atom. The van der Waals surface area contributed by atoms with Gasteiger partial charge in [-0.15, -0.1) is 0 Å². The summed E-state index contributed by atoms with van der Waals surface area (Å²) in [5, 5.41) is 46.0. The van der Waals surface area contributed by atoms with Gasteiger partial charge in [0.25, 0.3) is 0 Å². The van der Waals surface area contributed by atoms with Crippen LogP contribution in [0, 0.1) is 0 Å². The summed E-state index contributed by atoms with van der Waals surface area (Å²) >= 11 is 0. The first-order chi connectivity index (χ1) is 21.9. The number of benzene rings is 6. The molecular weight excluding hydrogens is 568 g/mol. The summed E-state index contributed by atoms with van der Waals surface area (Å²) in [5.74, 6) is -0.0200. The van der Waals surface area contributed by atoms with E-state index in [9.17, 15) is 20.4 Å². The van der Waals surface area contributed by atoms with E-state index in [1.54, 1.807) is 14.2 Å². The minimum absolute atomic E-state index is 0.278. The van der Waals surface area contributed by atoms with Gasteiger partial charge in [-0.3, -0.25) is 9.98 Å². The number of methoxy groups -OCH3 is 2. The van der Waals surface area contributed by atoms with Crippen LogP contribution in [-0.4, -0.2) is 47.1 Å². The fraction of sp³-hybridized carbons (Fsp3) is 0.0811. The largest absolute Gasteiger partial charge is 0.504 e. The highest BCUT2D eigenvalue weighted by Gasteiger charge is 2.46. The molecule has 4 N–H and O–H groups in total. The van der Waals surface area contributed by atoms with Crippen LogP contribution >= 0.6 is 0 Å². The number of hydrogen-bond donors (Lipinski definition) is 4. The van der Waals surface area contributed by atoms with Crippen molar-refractivity contribution in [2.24, 2.45) is 9.98 Å². The van der Waals surface area contributed by atoms with Gasteiger partial charge >= 0.3 is 0 Å². The van der Waals surface area contributed by atoms with Crippen LogP contribution in [0.25, 0.3) is 32.7 Å². The molecule has 0 saturated carbocycles. The number of fused-ring (bicyclic) bond motifs is 5. The van der Waals surface area contributed by atoms with Gasteiger partial charge in [0.1, 0.15) is 11.5 Å². The number of phenols is 4. The number of rotatable bonds is 6. The average molecular weight is 597 g/mol. The summed E-state index contributed by atoms with van der Waals surface area (Å²) in [6.45, 7) is 0. The summed E-state index contributed by atoms with van der Waals surface area (Å²) < 4.78 is 11.6. The molecule has 0 aromatic heterocycles. The first kappa shape index (κ1) is 27.8. The Kier molecular flexibility index (Phi) is 6.55. The molecule has 6 aromatic carbocycles. The molecule has 0 bridgehead atoms. The Morgan fingerprint density at radius 3 is 1.40 bits per heavy atom. The molecule has 0 spiro atoms. The summed E-state index contributed by atoms with van der Waals surface area (Å²) in [7, 11) is 3.18. The fourth-order valence-corrected chi connectivity index (χ4v) is 6.23. The van der Waals surface area contributed by atoms with Crippen LogP contribution in [0.15, 0.2) is 107 Å². The van der Waals surface area contributed by atoms with Crippen molar-refractivity contribution in [1.82, 2.24) is 0 Å². The van der Waals surface area contributed by atoms with Gasteiger partial charge in [-0.1, -0.05) is 72.8 Å². The number of ether oxygens (including phenoxy) is 2. The van der Waals surface area contributed by atoms with Gasteiger partial charge in [0.05, 0.1) is 14.2 Å². The molecule has 0 saturated heterocycles. The van der Waals surface area contributed by atoms with Crippen LogP contribution in [0.2, 0.25) is 0 Å². The summed E-state index contributed by atoms with van der Waals surface area (Å²) in [6.07, 6.45) is 3.01. The van der Waals surface area contributed by atoms with Crippen molar-refractivity contribution in [2.45, 2.75) is 5.66 Å². The molecule has 0 aliphatic heterocycles. The summed E-state index contributed by atoms with van der Waals surface area (Å²) in [6, 6.07) is 28.9. The van der Waals surface area contributed by atoms with Gasteiger partial charge in [-0.25, -0.2) is 0 Å². The molecule has 45 heavy (non-hydrogen) atoms. The molecule has 8 heteroatoms. The molecule has 0 unspecified atom stereocenters. The average Bonchev–Trinajstić information content (AvgIpc) is 3.35. The number of aliphatic imine (C=N–C) groups is 2. The molecule has 1 aliphatic rings. The topological polar surface area (TPSA) is 124 Å². The van der Waals surface area contributed by atoms with E-state index >= 15 is 0 Å². The summed E-state index contributed by atoms with van der Waals surface area (Å²) in [4.78, 5) is 10.2. The number of aromatic hydroxyl groups is 4. The Bertz CT molecular complexity index is 2050. The first-order valence-electron chi connectivity index (χ1n) is 14.2. The molecule has 0 atom stereocenters. The zero-order valence-corrected chi connectivity index (χ0v) is 24.4. The van der Waals surface area contributed by atoms with Crippen LogP contribution < -0.4 is 9.47 Å². The van der Waals surface area contributed by atoms with E-state index in [2.05, 4.69) is 0 Å². The zero-order chi connectivity index (χ0) is 31.3. The maximum absolute atomic E-state index is 11.0. The minimum Gasteiger partial charge on any atom is -0.504 e. The second kappa shape index (κ2) is 10.6. The molecule has 7 rings (SSSR count). The maximum Gasteiger partial charge on any atom is 0.202 e.